The predicted molar refractivity (Wildman–Crippen MR) is 105 cm³/mol. The fraction of sp³-hybridized carbons (Fsp3) is 0.400. The maximum atomic E-state index is 13.0. The van der Waals surface area contributed by atoms with Crippen LogP contribution in [0.1, 0.15) is 29.4 Å². The number of ether oxygens (including phenoxy) is 1. The Balaban J connectivity index is 1.39. The summed E-state index contributed by atoms with van der Waals surface area (Å²) in [5.41, 5.74) is 2.96. The third-order valence-electron chi connectivity index (χ3n) is 5.10. The lowest BCUT2D eigenvalue weighted by Gasteiger charge is -2.11. The lowest BCUT2D eigenvalue weighted by Crippen LogP contribution is -2.24. The largest absolute Gasteiger partial charge is 0.476 e. The minimum atomic E-state index is -0.335. The lowest BCUT2D eigenvalue weighted by atomic mass is 10.2. The molecule has 3 aromatic rings. The van der Waals surface area contributed by atoms with Crippen LogP contribution in [0.5, 0.6) is 5.88 Å². The maximum absolute atomic E-state index is 13.0. The van der Waals surface area contributed by atoms with Crippen molar-refractivity contribution in [2.75, 3.05) is 11.9 Å². The number of nitrogens with zero attached hydrogens (tertiary/aromatic N) is 5. The Labute approximate surface area is 167 Å². The molecule has 0 saturated heterocycles. The highest BCUT2D eigenvalue weighted by Crippen LogP contribution is 2.46. The third kappa shape index (κ3) is 4.28. The molecule has 1 N–H and O–H groups in total. The molecule has 1 aliphatic rings. The summed E-state index contributed by atoms with van der Waals surface area (Å²) in [7, 11) is 3.46. The van der Waals surface area contributed by atoms with Crippen molar-refractivity contribution >= 4 is 5.69 Å². The summed E-state index contributed by atoms with van der Waals surface area (Å²) in [6, 6.07) is 6.73. The molecule has 0 radical (unpaired) electrons. The normalized spacial score (nSPS) is 17.9. The Morgan fingerprint density at radius 1 is 1.24 bits per heavy atom. The number of aryl methyl sites for hydroxylation is 3. The second kappa shape index (κ2) is 7.65. The Morgan fingerprint density at radius 2 is 2.07 bits per heavy atom. The number of rotatable bonds is 7. The van der Waals surface area contributed by atoms with Crippen molar-refractivity contribution in [2.24, 2.45) is 20.0 Å². The van der Waals surface area contributed by atoms with Crippen molar-refractivity contribution in [1.29, 1.82) is 0 Å². The SMILES string of the molecule is Cc1cc(CNc2cc(OC[C@H]3C[C@@H]3c3ccc(F)cn3)nn(C)c2=O)n(C)n1. The minimum absolute atomic E-state index is 0.226. The monoisotopic (exact) mass is 398 g/mol. The van der Waals surface area contributed by atoms with Gasteiger partial charge in [-0.15, -0.1) is 5.10 Å². The standard InChI is InChI=1S/C20H23FN6O2/c1-12-6-15(26(2)24-12)10-23-18-8-19(25-27(3)20(18)28)29-11-13-7-16(13)17-5-4-14(21)9-22-17/h4-6,8-9,13,16,23H,7,10-11H2,1-3H3/t13-,16+/m1/s1. The van der Waals surface area contributed by atoms with Crippen LogP contribution in [0.2, 0.25) is 0 Å². The van der Waals surface area contributed by atoms with Gasteiger partial charge in [-0.25, -0.2) is 9.07 Å². The van der Waals surface area contributed by atoms with Crippen LogP contribution in [0.3, 0.4) is 0 Å². The second-order valence-corrected chi connectivity index (χ2v) is 7.39. The summed E-state index contributed by atoms with van der Waals surface area (Å²) in [6.45, 7) is 2.86. The van der Waals surface area contributed by atoms with Gasteiger partial charge in [0.2, 0.25) is 5.88 Å². The van der Waals surface area contributed by atoms with Gasteiger partial charge in [0.15, 0.2) is 0 Å². The zero-order valence-electron chi connectivity index (χ0n) is 16.6. The number of nitrogens with one attached hydrogen (secondary N) is 1. The van der Waals surface area contributed by atoms with Crippen LogP contribution >= 0.6 is 0 Å². The first-order valence-electron chi connectivity index (χ1n) is 9.46. The predicted octanol–water partition coefficient (Wildman–Crippen LogP) is 2.15. The van der Waals surface area contributed by atoms with E-state index in [-0.39, 0.29) is 17.3 Å². The van der Waals surface area contributed by atoms with Crippen LogP contribution in [0, 0.1) is 18.7 Å². The fourth-order valence-corrected chi connectivity index (χ4v) is 3.39. The molecule has 8 nitrogen and oxygen atoms in total. The molecular weight excluding hydrogens is 375 g/mol. The molecular formula is C20H23FN6O2. The van der Waals surface area contributed by atoms with Gasteiger partial charge in [-0.1, -0.05) is 0 Å². The smallest absolute Gasteiger partial charge is 0.290 e. The van der Waals surface area contributed by atoms with E-state index in [0.717, 1.165) is 23.5 Å². The molecule has 0 amide bonds. The molecule has 0 aliphatic heterocycles. The van der Waals surface area contributed by atoms with E-state index in [2.05, 4.69) is 20.5 Å². The van der Waals surface area contributed by atoms with Crippen molar-refractivity contribution in [3.05, 3.63) is 63.7 Å². The number of hydrogen-bond acceptors (Lipinski definition) is 6. The van der Waals surface area contributed by atoms with Gasteiger partial charge in [-0.2, -0.15) is 5.10 Å². The zero-order valence-corrected chi connectivity index (χ0v) is 16.6. The summed E-state index contributed by atoms with van der Waals surface area (Å²) in [5.74, 6) is 0.626. The van der Waals surface area contributed by atoms with Gasteiger partial charge in [0.1, 0.15) is 11.5 Å². The average molecular weight is 398 g/mol. The second-order valence-electron chi connectivity index (χ2n) is 7.39. The Hall–Kier alpha value is -3.23. The van der Waals surface area contributed by atoms with Crippen molar-refractivity contribution < 1.29 is 9.13 Å². The molecule has 0 bridgehead atoms. The van der Waals surface area contributed by atoms with Crippen molar-refractivity contribution in [2.45, 2.75) is 25.8 Å². The Bertz CT molecular complexity index is 1080. The Morgan fingerprint density at radius 3 is 2.76 bits per heavy atom. The highest BCUT2D eigenvalue weighted by molar-refractivity contribution is 5.43. The van der Waals surface area contributed by atoms with Gasteiger partial charge < -0.3 is 10.1 Å². The maximum Gasteiger partial charge on any atom is 0.290 e. The Kier molecular flexibility index (Phi) is 5.04. The number of hydrogen-bond donors (Lipinski definition) is 1. The molecule has 2 atom stereocenters. The molecule has 0 aromatic carbocycles. The first-order valence-corrected chi connectivity index (χ1v) is 9.46. The van der Waals surface area contributed by atoms with Gasteiger partial charge in [0.25, 0.3) is 5.56 Å². The topological polar surface area (TPSA) is 86.9 Å². The van der Waals surface area contributed by atoms with E-state index in [4.69, 9.17) is 4.74 Å². The minimum Gasteiger partial charge on any atom is -0.476 e. The van der Waals surface area contributed by atoms with Crippen LogP contribution in [0.25, 0.3) is 0 Å². The molecule has 9 heteroatoms. The van der Waals surface area contributed by atoms with Crippen LogP contribution in [-0.4, -0.2) is 31.2 Å². The van der Waals surface area contributed by atoms with Gasteiger partial charge in [-0.05, 0) is 31.5 Å². The van der Waals surface area contributed by atoms with Crippen LogP contribution in [-0.2, 0) is 20.6 Å². The summed E-state index contributed by atoms with van der Waals surface area (Å²) in [6.07, 6.45) is 2.18. The zero-order chi connectivity index (χ0) is 20.5. The van der Waals surface area contributed by atoms with Gasteiger partial charge in [-0.3, -0.25) is 14.5 Å². The van der Waals surface area contributed by atoms with E-state index in [1.807, 2.05) is 20.0 Å². The van der Waals surface area contributed by atoms with E-state index in [9.17, 15) is 9.18 Å². The quantitative estimate of drug-likeness (QED) is 0.656. The summed E-state index contributed by atoms with van der Waals surface area (Å²) in [5, 5.41) is 11.6. The van der Waals surface area contributed by atoms with E-state index in [1.54, 1.807) is 23.9 Å². The number of anilines is 1. The van der Waals surface area contributed by atoms with E-state index >= 15 is 0 Å². The molecule has 1 saturated carbocycles. The van der Waals surface area contributed by atoms with Gasteiger partial charge in [0.05, 0.1) is 30.7 Å². The van der Waals surface area contributed by atoms with Crippen LogP contribution in [0.15, 0.2) is 35.3 Å². The highest BCUT2D eigenvalue weighted by Gasteiger charge is 2.40. The molecule has 0 unspecified atom stereocenters. The fourth-order valence-electron chi connectivity index (χ4n) is 3.39. The molecule has 3 aromatic heterocycles. The van der Waals surface area contributed by atoms with Gasteiger partial charge in [0, 0.05) is 37.7 Å². The van der Waals surface area contributed by atoms with E-state index in [1.165, 1.54) is 16.9 Å². The van der Waals surface area contributed by atoms with Crippen LogP contribution in [0.4, 0.5) is 10.1 Å². The summed E-state index contributed by atoms with van der Waals surface area (Å²) < 4.78 is 21.9. The molecule has 152 valence electrons. The van der Waals surface area contributed by atoms with Crippen molar-refractivity contribution in [3.8, 4) is 5.88 Å². The molecule has 1 fully saturated rings. The third-order valence-corrected chi connectivity index (χ3v) is 5.10. The molecule has 0 spiro atoms. The first-order chi connectivity index (χ1) is 13.9. The number of aromatic nitrogens is 5. The lowest BCUT2D eigenvalue weighted by molar-refractivity contribution is 0.278. The highest BCUT2D eigenvalue weighted by atomic mass is 19.1. The summed E-state index contributed by atoms with van der Waals surface area (Å²) in [4.78, 5) is 16.5. The molecule has 3 heterocycles. The molecule has 1 aliphatic carbocycles. The average Bonchev–Trinajstić information content (AvgIpc) is 3.39. The van der Waals surface area contributed by atoms with Crippen molar-refractivity contribution in [1.82, 2.24) is 24.5 Å². The number of pyridine rings is 1. The first kappa shape index (κ1) is 19.1. The summed E-state index contributed by atoms with van der Waals surface area (Å²) >= 11 is 0. The van der Waals surface area contributed by atoms with Crippen molar-refractivity contribution in [3.63, 3.8) is 0 Å². The van der Waals surface area contributed by atoms with E-state index in [0.29, 0.717) is 30.6 Å². The molecule has 29 heavy (non-hydrogen) atoms. The van der Waals surface area contributed by atoms with Gasteiger partial charge >= 0.3 is 0 Å². The van der Waals surface area contributed by atoms with Crippen LogP contribution < -0.4 is 15.6 Å². The van der Waals surface area contributed by atoms with E-state index < -0.39 is 0 Å². The molecule has 4 rings (SSSR count). The number of halogens is 1.